The molecule has 0 saturated carbocycles. The van der Waals surface area contributed by atoms with E-state index < -0.39 is 0 Å². The second-order valence-corrected chi connectivity index (χ2v) is 4.62. The van der Waals surface area contributed by atoms with Gasteiger partial charge in [-0.1, -0.05) is 0 Å². The fraction of sp³-hybridized carbons (Fsp3) is 0.385. The maximum atomic E-state index is 12.0. The van der Waals surface area contributed by atoms with Crippen molar-refractivity contribution >= 4 is 11.6 Å². The Kier molecular flexibility index (Phi) is 3.69. The van der Waals surface area contributed by atoms with Crippen molar-refractivity contribution in [3.05, 3.63) is 31.1 Å². The second-order valence-electron chi connectivity index (χ2n) is 4.62. The molecule has 0 aliphatic carbocycles. The summed E-state index contributed by atoms with van der Waals surface area (Å²) < 4.78 is 6.94. The third-order valence-corrected chi connectivity index (χ3v) is 3.23. The Labute approximate surface area is 116 Å². The van der Waals surface area contributed by atoms with Gasteiger partial charge in [0.15, 0.2) is 0 Å². The lowest BCUT2D eigenvalue weighted by molar-refractivity contribution is -0.122. The molecule has 0 aromatic carbocycles. The average molecular weight is 273 g/mol. The number of nitrogens with zero attached hydrogens (tertiary/aromatic N) is 4. The van der Waals surface area contributed by atoms with E-state index in [-0.39, 0.29) is 11.8 Å². The van der Waals surface area contributed by atoms with Crippen LogP contribution in [0.5, 0.6) is 0 Å². The predicted octanol–water partition coefficient (Wildman–Crippen LogP) is 1.03. The number of hydrogen-bond donors (Lipinski definition) is 1. The molecular weight excluding hydrogens is 258 g/mol. The Morgan fingerprint density at radius 2 is 2.05 bits per heavy atom. The number of carbonyl (C=O) groups is 1. The van der Waals surface area contributed by atoms with Gasteiger partial charge in [-0.15, -0.1) is 0 Å². The molecule has 104 valence electrons. The van der Waals surface area contributed by atoms with E-state index in [1.165, 1.54) is 0 Å². The van der Waals surface area contributed by atoms with Crippen molar-refractivity contribution in [2.45, 2.75) is 12.8 Å². The van der Waals surface area contributed by atoms with Crippen molar-refractivity contribution < 1.29 is 9.53 Å². The zero-order valence-corrected chi connectivity index (χ0v) is 10.9. The molecule has 1 fully saturated rings. The van der Waals surface area contributed by atoms with Crippen molar-refractivity contribution in [3.8, 4) is 5.95 Å². The summed E-state index contributed by atoms with van der Waals surface area (Å²) in [6, 6.07) is 0. The van der Waals surface area contributed by atoms with Crippen molar-refractivity contribution in [1.29, 1.82) is 0 Å². The molecule has 20 heavy (non-hydrogen) atoms. The van der Waals surface area contributed by atoms with Gasteiger partial charge in [0.05, 0.1) is 18.1 Å². The van der Waals surface area contributed by atoms with Gasteiger partial charge in [-0.2, -0.15) is 0 Å². The number of rotatable bonds is 3. The molecule has 3 heterocycles. The summed E-state index contributed by atoms with van der Waals surface area (Å²) in [6.07, 6.45) is 9.76. The van der Waals surface area contributed by atoms with E-state index >= 15 is 0 Å². The van der Waals surface area contributed by atoms with Crippen LogP contribution in [-0.4, -0.2) is 38.6 Å². The molecular formula is C13H15N5O2. The third-order valence-electron chi connectivity index (χ3n) is 3.23. The maximum Gasteiger partial charge on any atom is 0.234 e. The molecule has 3 rings (SSSR count). The lowest BCUT2D eigenvalue weighted by atomic mass is 9.99. The van der Waals surface area contributed by atoms with Crippen molar-refractivity contribution in [3.63, 3.8) is 0 Å². The molecule has 0 bridgehead atoms. The Hall–Kier alpha value is -2.28. The van der Waals surface area contributed by atoms with Crippen LogP contribution in [0, 0.1) is 5.92 Å². The summed E-state index contributed by atoms with van der Waals surface area (Å²) in [7, 11) is 0. The topological polar surface area (TPSA) is 81.9 Å². The highest BCUT2D eigenvalue weighted by molar-refractivity contribution is 5.92. The Morgan fingerprint density at radius 3 is 2.70 bits per heavy atom. The second kappa shape index (κ2) is 5.79. The predicted molar refractivity (Wildman–Crippen MR) is 71.3 cm³/mol. The number of carbonyl (C=O) groups excluding carboxylic acids is 1. The fourth-order valence-corrected chi connectivity index (χ4v) is 2.10. The van der Waals surface area contributed by atoms with E-state index in [0.29, 0.717) is 24.8 Å². The largest absolute Gasteiger partial charge is 0.381 e. The molecule has 1 aliphatic rings. The Bertz CT molecular complexity index is 561. The Morgan fingerprint density at radius 1 is 1.30 bits per heavy atom. The van der Waals surface area contributed by atoms with Crippen molar-refractivity contribution in [2.75, 3.05) is 18.5 Å². The quantitative estimate of drug-likeness (QED) is 0.903. The highest BCUT2D eigenvalue weighted by Crippen LogP contribution is 2.17. The number of nitrogens with one attached hydrogen (secondary N) is 1. The smallest absolute Gasteiger partial charge is 0.234 e. The van der Waals surface area contributed by atoms with Gasteiger partial charge >= 0.3 is 0 Å². The normalized spacial score (nSPS) is 16.0. The van der Waals surface area contributed by atoms with Gasteiger partial charge < -0.3 is 10.1 Å². The summed E-state index contributed by atoms with van der Waals surface area (Å²) in [4.78, 5) is 24.4. The summed E-state index contributed by atoms with van der Waals surface area (Å²) in [5.41, 5.74) is 0.602. The van der Waals surface area contributed by atoms with Crippen molar-refractivity contribution in [2.24, 2.45) is 5.92 Å². The first-order valence-electron chi connectivity index (χ1n) is 6.52. The third kappa shape index (κ3) is 2.83. The summed E-state index contributed by atoms with van der Waals surface area (Å²) in [6.45, 7) is 1.29. The van der Waals surface area contributed by atoms with E-state index in [0.717, 1.165) is 12.8 Å². The lowest BCUT2D eigenvalue weighted by Gasteiger charge is -2.21. The van der Waals surface area contributed by atoms with Gasteiger partial charge in [-0.05, 0) is 12.8 Å². The zero-order valence-electron chi connectivity index (χ0n) is 10.9. The minimum absolute atomic E-state index is 0.00674. The molecule has 7 nitrogen and oxygen atoms in total. The van der Waals surface area contributed by atoms with Gasteiger partial charge in [-0.25, -0.2) is 15.0 Å². The van der Waals surface area contributed by atoms with E-state index in [1.54, 1.807) is 35.7 Å². The van der Waals surface area contributed by atoms with Crippen LogP contribution >= 0.6 is 0 Å². The number of ether oxygens (including phenoxy) is 1. The number of amides is 1. The van der Waals surface area contributed by atoms with Gasteiger partial charge in [0.2, 0.25) is 11.9 Å². The SMILES string of the molecule is O=C(Nc1cnc(-n2ccnc2)nc1)C1CCOCC1. The van der Waals surface area contributed by atoms with E-state index in [4.69, 9.17) is 4.74 Å². The molecule has 1 saturated heterocycles. The molecule has 0 unspecified atom stereocenters. The average Bonchev–Trinajstić information content (AvgIpc) is 3.03. The molecule has 7 heteroatoms. The minimum atomic E-state index is 0.00674. The van der Waals surface area contributed by atoms with E-state index in [2.05, 4.69) is 20.3 Å². The highest BCUT2D eigenvalue weighted by atomic mass is 16.5. The molecule has 2 aromatic heterocycles. The van der Waals surface area contributed by atoms with E-state index in [1.807, 2.05) is 0 Å². The van der Waals surface area contributed by atoms with Crippen LogP contribution in [-0.2, 0) is 9.53 Å². The number of imidazole rings is 1. The van der Waals surface area contributed by atoms with Crippen LogP contribution in [0.25, 0.3) is 5.95 Å². The molecule has 1 N–H and O–H groups in total. The fourth-order valence-electron chi connectivity index (χ4n) is 2.10. The van der Waals surface area contributed by atoms with Crippen LogP contribution in [0.1, 0.15) is 12.8 Å². The van der Waals surface area contributed by atoms with Crippen LogP contribution < -0.4 is 5.32 Å². The standard InChI is InChI=1S/C13H15N5O2/c19-12(10-1-5-20-6-2-10)17-11-7-15-13(16-8-11)18-4-3-14-9-18/h3-4,7-10H,1-2,5-6H2,(H,17,19). The first-order valence-corrected chi connectivity index (χ1v) is 6.52. The van der Waals surface area contributed by atoms with Gasteiger partial charge in [-0.3, -0.25) is 9.36 Å². The molecule has 0 atom stereocenters. The first kappa shape index (κ1) is 12.7. The minimum Gasteiger partial charge on any atom is -0.381 e. The van der Waals surface area contributed by atoms with Gasteiger partial charge in [0.25, 0.3) is 0 Å². The van der Waals surface area contributed by atoms with E-state index in [9.17, 15) is 4.79 Å². The van der Waals surface area contributed by atoms with Crippen molar-refractivity contribution in [1.82, 2.24) is 19.5 Å². The molecule has 0 spiro atoms. The molecule has 0 radical (unpaired) electrons. The molecule has 1 aliphatic heterocycles. The summed E-state index contributed by atoms with van der Waals surface area (Å²) in [5, 5.41) is 2.84. The number of anilines is 1. The lowest BCUT2D eigenvalue weighted by Crippen LogP contribution is -2.28. The van der Waals surface area contributed by atoms with Gasteiger partial charge in [0.1, 0.15) is 6.33 Å². The zero-order chi connectivity index (χ0) is 13.8. The highest BCUT2D eigenvalue weighted by Gasteiger charge is 2.21. The summed E-state index contributed by atoms with van der Waals surface area (Å²) in [5.74, 6) is 0.538. The molecule has 2 aromatic rings. The van der Waals surface area contributed by atoms with Gasteiger partial charge in [0, 0.05) is 31.5 Å². The number of aromatic nitrogens is 4. The van der Waals surface area contributed by atoms with Crippen LogP contribution in [0.2, 0.25) is 0 Å². The van der Waals surface area contributed by atoms with Crippen LogP contribution in [0.3, 0.4) is 0 Å². The first-order chi connectivity index (χ1) is 9.83. The van der Waals surface area contributed by atoms with Crippen LogP contribution in [0.15, 0.2) is 31.1 Å². The maximum absolute atomic E-state index is 12.0. The Balaban J connectivity index is 1.64. The monoisotopic (exact) mass is 273 g/mol. The number of hydrogen-bond acceptors (Lipinski definition) is 5. The van der Waals surface area contributed by atoms with Crippen LogP contribution in [0.4, 0.5) is 5.69 Å². The summed E-state index contributed by atoms with van der Waals surface area (Å²) >= 11 is 0. The molecule has 1 amide bonds.